The van der Waals surface area contributed by atoms with Gasteiger partial charge in [-0.05, 0) is 29.8 Å². The van der Waals surface area contributed by atoms with Crippen molar-refractivity contribution in [1.82, 2.24) is 4.90 Å². The lowest BCUT2D eigenvalue weighted by Gasteiger charge is -2.24. The number of halogens is 1. The molecule has 2 aromatic carbocycles. The molecule has 1 saturated heterocycles. The Morgan fingerprint density at radius 1 is 1.00 bits per heavy atom. The molecule has 0 radical (unpaired) electrons. The van der Waals surface area contributed by atoms with Crippen LogP contribution in [0.5, 0.6) is 0 Å². The molecule has 1 unspecified atom stereocenters. The number of furan rings is 1. The van der Waals surface area contributed by atoms with Crippen molar-refractivity contribution in [2.24, 2.45) is 0 Å². The summed E-state index contributed by atoms with van der Waals surface area (Å²) >= 11 is 3.35. The minimum absolute atomic E-state index is 0.0741. The van der Waals surface area contributed by atoms with Gasteiger partial charge in [0.15, 0.2) is 0 Å². The molecule has 1 N–H and O–H groups in total. The zero-order valence-corrected chi connectivity index (χ0v) is 16.3. The number of hydrogen-bond donors (Lipinski definition) is 1. The summed E-state index contributed by atoms with van der Waals surface area (Å²) in [5.74, 6) is -1.00. The Labute approximate surface area is 170 Å². The molecule has 5 nitrogen and oxygen atoms in total. The van der Waals surface area contributed by atoms with Gasteiger partial charge in [0, 0.05) is 10.0 Å². The molecule has 1 aliphatic heterocycles. The van der Waals surface area contributed by atoms with Gasteiger partial charge in [-0.15, -0.1) is 0 Å². The van der Waals surface area contributed by atoms with Gasteiger partial charge in [-0.2, -0.15) is 0 Å². The maximum Gasteiger partial charge on any atom is 0.296 e. The monoisotopic (exact) mass is 437 g/mol. The number of benzene rings is 2. The van der Waals surface area contributed by atoms with Crippen molar-refractivity contribution in [1.29, 1.82) is 0 Å². The van der Waals surface area contributed by atoms with E-state index in [1.165, 1.54) is 11.2 Å². The number of carbonyl (C=O) groups is 2. The highest BCUT2D eigenvalue weighted by Gasteiger charge is 2.46. The van der Waals surface area contributed by atoms with Gasteiger partial charge < -0.3 is 14.4 Å². The second-order valence-electron chi connectivity index (χ2n) is 6.42. The predicted octanol–water partition coefficient (Wildman–Crippen LogP) is 4.66. The van der Waals surface area contributed by atoms with Gasteiger partial charge in [0.2, 0.25) is 0 Å². The fourth-order valence-corrected chi connectivity index (χ4v) is 3.62. The summed E-state index contributed by atoms with van der Waals surface area (Å²) in [6.45, 7) is 0.133. The number of ketones is 1. The second kappa shape index (κ2) is 7.48. The molecule has 28 heavy (non-hydrogen) atoms. The highest BCUT2D eigenvalue weighted by molar-refractivity contribution is 9.10. The topological polar surface area (TPSA) is 70.8 Å². The highest BCUT2D eigenvalue weighted by Crippen LogP contribution is 2.40. The van der Waals surface area contributed by atoms with E-state index in [1.807, 2.05) is 30.3 Å². The minimum Gasteiger partial charge on any atom is -0.507 e. The van der Waals surface area contributed by atoms with Crippen molar-refractivity contribution in [3.8, 4) is 0 Å². The van der Waals surface area contributed by atoms with Crippen LogP contribution in [0.3, 0.4) is 0 Å². The van der Waals surface area contributed by atoms with E-state index in [4.69, 9.17) is 4.42 Å². The molecule has 0 spiro atoms. The van der Waals surface area contributed by atoms with E-state index in [-0.39, 0.29) is 17.9 Å². The van der Waals surface area contributed by atoms with Gasteiger partial charge >= 0.3 is 0 Å². The fraction of sp³-hybridized carbons (Fsp3) is 0.0909. The Hall–Kier alpha value is -3.12. The molecule has 1 aliphatic rings. The van der Waals surface area contributed by atoms with Gasteiger partial charge in [-0.3, -0.25) is 9.59 Å². The summed E-state index contributed by atoms with van der Waals surface area (Å²) in [6.07, 6.45) is 1.52. The average Bonchev–Trinajstić information content (AvgIpc) is 3.31. The van der Waals surface area contributed by atoms with Crippen molar-refractivity contribution in [2.45, 2.75) is 12.6 Å². The lowest BCUT2D eigenvalue weighted by molar-refractivity contribution is -0.140. The summed E-state index contributed by atoms with van der Waals surface area (Å²) in [6, 6.07) is 18.9. The van der Waals surface area contributed by atoms with Gasteiger partial charge in [0.05, 0.1) is 24.4 Å². The molecule has 0 saturated carbocycles. The van der Waals surface area contributed by atoms with Crippen LogP contribution in [0.25, 0.3) is 5.76 Å². The molecule has 1 atom stereocenters. The van der Waals surface area contributed by atoms with Crippen LogP contribution in [0.4, 0.5) is 0 Å². The molecule has 1 fully saturated rings. The first-order valence-corrected chi connectivity index (χ1v) is 9.47. The number of Topliss-reactive ketones (excluding diaryl/α,β-unsaturated/α-hetero) is 1. The van der Waals surface area contributed by atoms with Gasteiger partial charge in [-0.25, -0.2) is 0 Å². The van der Waals surface area contributed by atoms with Crippen LogP contribution in [0.1, 0.15) is 22.9 Å². The molecule has 1 amide bonds. The lowest BCUT2D eigenvalue weighted by Crippen LogP contribution is -2.29. The first-order valence-electron chi connectivity index (χ1n) is 8.68. The van der Waals surface area contributed by atoms with Crippen LogP contribution in [0.15, 0.2) is 87.5 Å². The Bertz CT molecular complexity index is 1040. The van der Waals surface area contributed by atoms with Gasteiger partial charge in [-0.1, -0.05) is 58.4 Å². The smallest absolute Gasteiger partial charge is 0.296 e. The Balaban J connectivity index is 1.85. The number of likely N-dealkylation sites (tertiary alicyclic amines) is 1. The number of rotatable bonds is 4. The SMILES string of the molecule is O=C1C(=O)N(Cc2ccco2)C(c2ccccc2)C1=C(O)c1ccc(Br)cc1. The Morgan fingerprint density at radius 3 is 2.36 bits per heavy atom. The van der Waals surface area contributed by atoms with Crippen molar-refractivity contribution in [3.05, 3.63) is 99.9 Å². The fourth-order valence-electron chi connectivity index (χ4n) is 3.36. The van der Waals surface area contributed by atoms with Crippen LogP contribution in [0.2, 0.25) is 0 Å². The quantitative estimate of drug-likeness (QED) is 0.365. The van der Waals surface area contributed by atoms with E-state index < -0.39 is 17.7 Å². The molecular weight excluding hydrogens is 422 g/mol. The maximum atomic E-state index is 12.9. The summed E-state index contributed by atoms with van der Waals surface area (Å²) in [5, 5.41) is 10.9. The number of amides is 1. The lowest BCUT2D eigenvalue weighted by atomic mass is 9.95. The van der Waals surface area contributed by atoms with Crippen molar-refractivity contribution >= 4 is 33.4 Å². The zero-order chi connectivity index (χ0) is 19.7. The second-order valence-corrected chi connectivity index (χ2v) is 7.34. The first kappa shape index (κ1) is 18.3. The minimum atomic E-state index is -0.708. The number of nitrogens with zero attached hydrogens (tertiary/aromatic N) is 1. The zero-order valence-electron chi connectivity index (χ0n) is 14.7. The first-order chi connectivity index (χ1) is 13.6. The van der Waals surface area contributed by atoms with Gasteiger partial charge in [0.25, 0.3) is 11.7 Å². The van der Waals surface area contributed by atoms with E-state index in [2.05, 4.69) is 15.9 Å². The number of hydrogen-bond acceptors (Lipinski definition) is 4. The molecule has 4 rings (SSSR count). The van der Waals surface area contributed by atoms with E-state index in [0.717, 1.165) is 10.0 Å². The van der Waals surface area contributed by atoms with E-state index in [1.54, 1.807) is 36.4 Å². The molecular formula is C22H16BrNO4. The van der Waals surface area contributed by atoms with E-state index in [0.29, 0.717) is 11.3 Å². The summed E-state index contributed by atoms with van der Waals surface area (Å²) in [4.78, 5) is 27.1. The highest BCUT2D eigenvalue weighted by atomic mass is 79.9. The third-order valence-corrected chi connectivity index (χ3v) is 5.21. The predicted molar refractivity (Wildman–Crippen MR) is 107 cm³/mol. The molecule has 3 aromatic rings. The molecule has 0 aliphatic carbocycles. The normalized spacial score (nSPS) is 18.6. The van der Waals surface area contributed by atoms with Crippen LogP contribution in [-0.4, -0.2) is 21.7 Å². The molecule has 6 heteroatoms. The summed E-state index contributed by atoms with van der Waals surface area (Å²) < 4.78 is 6.22. The van der Waals surface area contributed by atoms with Crippen molar-refractivity contribution in [3.63, 3.8) is 0 Å². The summed E-state index contributed by atoms with van der Waals surface area (Å²) in [7, 11) is 0. The van der Waals surface area contributed by atoms with E-state index in [9.17, 15) is 14.7 Å². The molecule has 2 heterocycles. The molecule has 140 valence electrons. The Kier molecular flexibility index (Phi) is 4.88. The van der Waals surface area contributed by atoms with Crippen LogP contribution in [0, 0.1) is 0 Å². The molecule has 1 aromatic heterocycles. The van der Waals surface area contributed by atoms with E-state index >= 15 is 0 Å². The largest absolute Gasteiger partial charge is 0.507 e. The third-order valence-electron chi connectivity index (χ3n) is 4.68. The molecule has 0 bridgehead atoms. The van der Waals surface area contributed by atoms with Crippen LogP contribution >= 0.6 is 15.9 Å². The summed E-state index contributed by atoms with van der Waals surface area (Å²) in [5.41, 5.74) is 1.29. The van der Waals surface area contributed by atoms with Crippen LogP contribution < -0.4 is 0 Å². The van der Waals surface area contributed by atoms with Crippen molar-refractivity contribution in [2.75, 3.05) is 0 Å². The number of aliphatic hydroxyl groups excluding tert-OH is 1. The third kappa shape index (κ3) is 3.27. The standard InChI is InChI=1S/C22H16BrNO4/c23-16-10-8-15(9-11-16)20(25)18-19(14-5-2-1-3-6-14)24(22(27)21(18)26)13-17-7-4-12-28-17/h1-12,19,25H,13H2. The average molecular weight is 438 g/mol. The Morgan fingerprint density at radius 2 is 1.71 bits per heavy atom. The van der Waals surface area contributed by atoms with Crippen molar-refractivity contribution < 1.29 is 19.1 Å². The van der Waals surface area contributed by atoms with Crippen LogP contribution in [-0.2, 0) is 16.1 Å². The number of carbonyl (C=O) groups excluding carboxylic acids is 2. The van der Waals surface area contributed by atoms with Gasteiger partial charge in [0.1, 0.15) is 11.5 Å². The number of aliphatic hydroxyl groups is 1. The maximum absolute atomic E-state index is 12.9.